The minimum atomic E-state index is -1.61. The van der Waals surface area contributed by atoms with Crippen LogP contribution in [-0.2, 0) is 28.8 Å². The van der Waals surface area contributed by atoms with E-state index in [-0.39, 0.29) is 6.42 Å². The molecule has 0 bridgehead atoms. The van der Waals surface area contributed by atoms with Gasteiger partial charge in [-0.1, -0.05) is 0 Å². The Hall–Kier alpha value is -3.30. The van der Waals surface area contributed by atoms with Crippen LogP contribution in [0.1, 0.15) is 38.5 Å². The first kappa shape index (κ1) is 29.7. The van der Waals surface area contributed by atoms with Gasteiger partial charge in [0.2, 0.25) is 17.7 Å². The highest BCUT2D eigenvalue weighted by Gasteiger charge is 2.30. The number of carboxylic acid groups (broad SMARTS) is 3. The monoisotopic (exact) mass is 477 g/mol. The molecule has 3 amide bonds. The van der Waals surface area contributed by atoms with E-state index in [0.717, 1.165) is 0 Å². The second-order valence-electron chi connectivity index (χ2n) is 7.13. The fourth-order valence-corrected chi connectivity index (χ4v) is 2.59. The molecular weight excluding hydrogens is 446 g/mol. The van der Waals surface area contributed by atoms with E-state index < -0.39 is 85.7 Å². The molecule has 0 aromatic heterocycles. The molecule has 4 atom stereocenters. The van der Waals surface area contributed by atoms with E-state index in [2.05, 4.69) is 10.6 Å². The van der Waals surface area contributed by atoms with Gasteiger partial charge in [0.15, 0.2) is 0 Å². The van der Waals surface area contributed by atoms with E-state index in [9.17, 15) is 33.9 Å². The summed E-state index contributed by atoms with van der Waals surface area (Å²) in [5, 5.41) is 42.5. The van der Waals surface area contributed by atoms with E-state index in [1.54, 1.807) is 0 Å². The number of hydrogen-bond donors (Lipinski definition) is 9. The molecule has 0 fully saturated rings. The SMILES string of the molecule is NCCCCC(NC(=O)C(N)CC(=O)O)C(=O)NC(CO)C(=O)NC(CCC(=O)O)C(=O)O. The summed E-state index contributed by atoms with van der Waals surface area (Å²) in [6, 6.07) is -5.86. The minimum Gasteiger partial charge on any atom is -0.481 e. The summed E-state index contributed by atoms with van der Waals surface area (Å²) in [7, 11) is 0. The smallest absolute Gasteiger partial charge is 0.326 e. The first-order chi connectivity index (χ1) is 15.4. The fourth-order valence-electron chi connectivity index (χ4n) is 2.59. The maximum atomic E-state index is 12.6. The molecule has 15 heteroatoms. The van der Waals surface area contributed by atoms with Crippen molar-refractivity contribution in [2.24, 2.45) is 11.5 Å². The van der Waals surface area contributed by atoms with Crippen LogP contribution < -0.4 is 27.4 Å². The number of aliphatic carboxylic acids is 3. The highest BCUT2D eigenvalue weighted by atomic mass is 16.4. The normalized spacial score (nSPS) is 14.3. The number of nitrogens with one attached hydrogen (secondary N) is 3. The zero-order chi connectivity index (χ0) is 25.6. The average Bonchev–Trinajstić information content (AvgIpc) is 2.72. The largest absolute Gasteiger partial charge is 0.481 e. The van der Waals surface area contributed by atoms with Crippen molar-refractivity contribution in [3.8, 4) is 0 Å². The Kier molecular flexibility index (Phi) is 13.9. The number of hydrogen-bond acceptors (Lipinski definition) is 9. The van der Waals surface area contributed by atoms with Crippen molar-refractivity contribution in [1.29, 1.82) is 0 Å². The molecule has 15 nitrogen and oxygen atoms in total. The molecule has 0 aliphatic carbocycles. The Morgan fingerprint density at radius 1 is 0.727 bits per heavy atom. The molecule has 0 heterocycles. The maximum absolute atomic E-state index is 12.6. The molecule has 0 aromatic rings. The van der Waals surface area contributed by atoms with Gasteiger partial charge in [0.1, 0.15) is 18.1 Å². The lowest BCUT2D eigenvalue weighted by Crippen LogP contribution is -2.58. The Labute approximate surface area is 188 Å². The summed E-state index contributed by atoms with van der Waals surface area (Å²) < 4.78 is 0. The first-order valence-electron chi connectivity index (χ1n) is 10.1. The van der Waals surface area contributed by atoms with Gasteiger partial charge in [-0.25, -0.2) is 4.79 Å². The third-order valence-electron chi connectivity index (χ3n) is 4.39. The van der Waals surface area contributed by atoms with Crippen LogP contribution in [0.5, 0.6) is 0 Å². The molecule has 0 aromatic carbocycles. The Balaban J connectivity index is 5.25. The molecule has 0 spiro atoms. The lowest BCUT2D eigenvalue weighted by Gasteiger charge is -2.24. The fraction of sp³-hybridized carbons (Fsp3) is 0.667. The summed E-state index contributed by atoms with van der Waals surface area (Å²) in [5.41, 5.74) is 10.9. The van der Waals surface area contributed by atoms with Gasteiger partial charge in [-0.05, 0) is 32.2 Å². The van der Waals surface area contributed by atoms with Crippen LogP contribution >= 0.6 is 0 Å². The van der Waals surface area contributed by atoms with E-state index in [1.165, 1.54) is 0 Å². The zero-order valence-electron chi connectivity index (χ0n) is 17.9. The third-order valence-corrected chi connectivity index (χ3v) is 4.39. The standard InChI is InChI=1S/C18H31N5O10/c19-6-2-1-3-10(21-15(29)9(20)7-14(27)28)16(30)23-12(8-24)17(31)22-11(18(32)33)4-5-13(25)26/h9-12,24H,1-8,19-20H2,(H,21,29)(H,22,31)(H,23,30)(H,25,26)(H,27,28)(H,32,33). The van der Waals surface area contributed by atoms with E-state index >= 15 is 0 Å². The molecule has 33 heavy (non-hydrogen) atoms. The molecule has 0 aliphatic heterocycles. The molecule has 0 aliphatic rings. The Morgan fingerprint density at radius 2 is 1.27 bits per heavy atom. The summed E-state index contributed by atoms with van der Waals surface area (Å²) in [4.78, 5) is 69.7. The first-order valence-corrected chi connectivity index (χ1v) is 10.1. The number of carbonyl (C=O) groups excluding carboxylic acids is 3. The van der Waals surface area contributed by atoms with Crippen molar-refractivity contribution < 1.29 is 49.2 Å². The topological polar surface area (TPSA) is 271 Å². The number of amides is 3. The van der Waals surface area contributed by atoms with Crippen molar-refractivity contribution in [3.05, 3.63) is 0 Å². The Bertz CT molecular complexity index is 717. The summed E-state index contributed by atoms with van der Waals surface area (Å²) in [5.74, 6) is -7.02. The molecule has 0 saturated carbocycles. The molecule has 11 N–H and O–H groups in total. The van der Waals surface area contributed by atoms with Crippen LogP contribution in [0, 0.1) is 0 Å². The number of carbonyl (C=O) groups is 6. The second kappa shape index (κ2) is 15.5. The van der Waals surface area contributed by atoms with Gasteiger partial charge in [0, 0.05) is 6.42 Å². The summed E-state index contributed by atoms with van der Waals surface area (Å²) in [6.07, 6.45) is -0.715. The summed E-state index contributed by atoms with van der Waals surface area (Å²) in [6.45, 7) is -0.625. The molecule has 0 rings (SSSR count). The molecule has 0 saturated heterocycles. The van der Waals surface area contributed by atoms with Crippen LogP contribution in [0.15, 0.2) is 0 Å². The van der Waals surface area contributed by atoms with Crippen LogP contribution in [0.25, 0.3) is 0 Å². The molecule has 188 valence electrons. The molecule has 0 radical (unpaired) electrons. The van der Waals surface area contributed by atoms with Crippen LogP contribution in [0.2, 0.25) is 0 Å². The number of aliphatic hydroxyl groups is 1. The van der Waals surface area contributed by atoms with Gasteiger partial charge in [-0.15, -0.1) is 0 Å². The minimum absolute atomic E-state index is 0.0602. The number of rotatable bonds is 17. The van der Waals surface area contributed by atoms with Crippen molar-refractivity contribution >= 4 is 35.6 Å². The van der Waals surface area contributed by atoms with Crippen molar-refractivity contribution in [2.75, 3.05) is 13.2 Å². The van der Waals surface area contributed by atoms with Crippen LogP contribution in [0.4, 0.5) is 0 Å². The van der Waals surface area contributed by atoms with Gasteiger partial charge < -0.3 is 47.8 Å². The highest BCUT2D eigenvalue weighted by Crippen LogP contribution is 2.04. The predicted molar refractivity (Wildman–Crippen MR) is 111 cm³/mol. The number of carboxylic acids is 3. The highest BCUT2D eigenvalue weighted by molar-refractivity contribution is 5.94. The molecule has 4 unspecified atom stereocenters. The molecular formula is C18H31N5O10. The number of unbranched alkanes of at least 4 members (excludes halogenated alkanes) is 1. The van der Waals surface area contributed by atoms with Crippen molar-refractivity contribution in [2.45, 2.75) is 62.7 Å². The lowest BCUT2D eigenvalue weighted by atomic mass is 10.1. The quantitative estimate of drug-likeness (QED) is 0.0916. The predicted octanol–water partition coefficient (Wildman–Crippen LogP) is -3.69. The maximum Gasteiger partial charge on any atom is 0.326 e. The van der Waals surface area contributed by atoms with E-state index in [4.69, 9.17) is 26.8 Å². The van der Waals surface area contributed by atoms with Gasteiger partial charge in [0.25, 0.3) is 0 Å². The number of nitrogens with two attached hydrogens (primary N) is 2. The van der Waals surface area contributed by atoms with Gasteiger partial charge >= 0.3 is 17.9 Å². The second-order valence-corrected chi connectivity index (χ2v) is 7.13. The van der Waals surface area contributed by atoms with Gasteiger partial charge in [-0.3, -0.25) is 24.0 Å². The van der Waals surface area contributed by atoms with Crippen molar-refractivity contribution in [3.63, 3.8) is 0 Å². The number of aliphatic hydroxyl groups excluding tert-OH is 1. The van der Waals surface area contributed by atoms with Crippen LogP contribution in [-0.4, -0.2) is 93.4 Å². The zero-order valence-corrected chi connectivity index (χ0v) is 17.9. The van der Waals surface area contributed by atoms with Crippen LogP contribution in [0.3, 0.4) is 0 Å². The van der Waals surface area contributed by atoms with Crippen molar-refractivity contribution in [1.82, 2.24) is 16.0 Å². The third kappa shape index (κ3) is 12.4. The Morgan fingerprint density at radius 3 is 1.76 bits per heavy atom. The average molecular weight is 477 g/mol. The van der Waals surface area contributed by atoms with E-state index in [0.29, 0.717) is 19.4 Å². The van der Waals surface area contributed by atoms with E-state index in [1.807, 2.05) is 5.32 Å². The van der Waals surface area contributed by atoms with Gasteiger partial charge in [0.05, 0.1) is 19.1 Å². The lowest BCUT2D eigenvalue weighted by molar-refractivity contribution is -0.143. The van der Waals surface area contributed by atoms with Gasteiger partial charge in [-0.2, -0.15) is 0 Å². The summed E-state index contributed by atoms with van der Waals surface area (Å²) >= 11 is 0.